The highest BCUT2D eigenvalue weighted by molar-refractivity contribution is 7.23. The molecule has 7 nitrogen and oxygen atoms in total. The number of benzene rings is 2. The largest absolute Gasteiger partial charge is 0.302 e. The summed E-state index contributed by atoms with van der Waals surface area (Å²) in [5, 5.41) is 12.3. The molecule has 4 aromatic rings. The highest BCUT2D eigenvalue weighted by atomic mass is 35.5. The molecule has 0 fully saturated rings. The number of nitro groups is 1. The highest BCUT2D eigenvalue weighted by Crippen LogP contribution is 2.33. The molecule has 2 aromatic carbocycles. The molecule has 33 heavy (non-hydrogen) atoms. The predicted octanol–water partition coefficient (Wildman–Crippen LogP) is 5.97. The maximum absolute atomic E-state index is 13.7. The maximum Gasteiger partial charge on any atom is 0.270 e. The standard InChI is InChI=1S/C22H21FN4O3S2.ClH/c1-3-25(4-2)9-10-26(22-24-17-7-5-15(23)13-19(17)32-22)21(28)20-12-14-11-16(27(29)30)6-8-18(14)31-20;/h5-8,11-13H,3-4,9-10H2,1-2H3;1H. The Kier molecular flexibility index (Phi) is 7.96. The number of anilines is 1. The van der Waals surface area contributed by atoms with Crippen LogP contribution in [0.25, 0.3) is 20.3 Å². The molecule has 0 radical (unpaired) electrons. The number of nitrogens with zero attached hydrogens (tertiary/aromatic N) is 4. The van der Waals surface area contributed by atoms with Crippen molar-refractivity contribution >= 4 is 72.1 Å². The van der Waals surface area contributed by atoms with Crippen molar-refractivity contribution < 1.29 is 14.1 Å². The molecule has 2 heterocycles. The summed E-state index contributed by atoms with van der Waals surface area (Å²) in [6.45, 7) is 6.94. The molecule has 174 valence electrons. The lowest BCUT2D eigenvalue weighted by Crippen LogP contribution is -2.38. The lowest BCUT2D eigenvalue weighted by molar-refractivity contribution is -0.384. The van der Waals surface area contributed by atoms with E-state index in [-0.39, 0.29) is 29.8 Å². The van der Waals surface area contributed by atoms with Crippen LogP contribution < -0.4 is 4.90 Å². The molecule has 0 unspecified atom stereocenters. The molecule has 0 bridgehead atoms. The molecule has 0 saturated heterocycles. The number of fused-ring (bicyclic) bond motifs is 2. The van der Waals surface area contributed by atoms with Crippen LogP contribution >= 0.6 is 35.1 Å². The van der Waals surface area contributed by atoms with Crippen molar-refractivity contribution in [2.75, 3.05) is 31.1 Å². The minimum absolute atomic E-state index is 0. The number of aromatic nitrogens is 1. The second kappa shape index (κ2) is 10.5. The summed E-state index contributed by atoms with van der Waals surface area (Å²) in [6, 6.07) is 10.6. The quantitative estimate of drug-likeness (QED) is 0.216. The zero-order valence-electron chi connectivity index (χ0n) is 18.0. The minimum atomic E-state index is -0.449. The summed E-state index contributed by atoms with van der Waals surface area (Å²) < 4.78 is 15.1. The fraction of sp³-hybridized carbons (Fsp3) is 0.273. The van der Waals surface area contributed by atoms with Crippen molar-refractivity contribution in [1.82, 2.24) is 9.88 Å². The van der Waals surface area contributed by atoms with Gasteiger partial charge in [-0.3, -0.25) is 19.8 Å². The van der Waals surface area contributed by atoms with Crippen molar-refractivity contribution in [2.45, 2.75) is 13.8 Å². The fourth-order valence-corrected chi connectivity index (χ4v) is 5.46. The van der Waals surface area contributed by atoms with Gasteiger partial charge in [-0.15, -0.1) is 23.7 Å². The van der Waals surface area contributed by atoms with Gasteiger partial charge in [0.25, 0.3) is 11.6 Å². The Morgan fingerprint density at radius 1 is 1.06 bits per heavy atom. The Hall–Kier alpha value is -2.66. The van der Waals surface area contributed by atoms with E-state index in [1.807, 2.05) is 0 Å². The Bertz CT molecular complexity index is 1310. The highest BCUT2D eigenvalue weighted by Gasteiger charge is 2.24. The maximum atomic E-state index is 13.7. The van der Waals surface area contributed by atoms with E-state index >= 15 is 0 Å². The third-order valence-corrected chi connectivity index (χ3v) is 7.42. The zero-order valence-corrected chi connectivity index (χ0v) is 20.4. The average Bonchev–Trinajstić information content (AvgIpc) is 3.39. The van der Waals surface area contributed by atoms with E-state index in [9.17, 15) is 19.3 Å². The lowest BCUT2D eigenvalue weighted by atomic mass is 10.2. The molecule has 0 atom stereocenters. The number of thiazole rings is 1. The first-order valence-corrected chi connectivity index (χ1v) is 11.8. The van der Waals surface area contributed by atoms with Gasteiger partial charge < -0.3 is 4.90 Å². The number of amides is 1. The van der Waals surface area contributed by atoms with Gasteiger partial charge in [-0.05, 0) is 43.4 Å². The molecule has 1 amide bonds. The van der Waals surface area contributed by atoms with Gasteiger partial charge in [0, 0.05) is 35.3 Å². The van der Waals surface area contributed by atoms with E-state index in [1.165, 1.54) is 46.9 Å². The van der Waals surface area contributed by atoms with Gasteiger partial charge in [0.2, 0.25) is 0 Å². The Morgan fingerprint density at radius 2 is 1.82 bits per heavy atom. The second-order valence-electron chi connectivity index (χ2n) is 7.18. The summed E-state index contributed by atoms with van der Waals surface area (Å²) in [4.78, 5) is 33.1. The Labute approximate surface area is 204 Å². The predicted molar refractivity (Wildman–Crippen MR) is 135 cm³/mol. The number of nitro benzene ring substituents is 1. The van der Waals surface area contributed by atoms with E-state index in [0.717, 1.165) is 17.8 Å². The summed E-state index contributed by atoms with van der Waals surface area (Å²) in [5.74, 6) is -0.569. The van der Waals surface area contributed by atoms with Gasteiger partial charge in [0.1, 0.15) is 5.82 Å². The van der Waals surface area contributed by atoms with Crippen LogP contribution in [0.5, 0.6) is 0 Å². The zero-order chi connectivity index (χ0) is 22.8. The molecule has 11 heteroatoms. The number of carbonyl (C=O) groups is 1. The van der Waals surface area contributed by atoms with Gasteiger partial charge >= 0.3 is 0 Å². The van der Waals surface area contributed by atoms with Crippen LogP contribution in [0.4, 0.5) is 15.2 Å². The van der Waals surface area contributed by atoms with Crippen molar-refractivity contribution in [2.24, 2.45) is 0 Å². The summed E-state index contributed by atoms with van der Waals surface area (Å²) in [7, 11) is 0. The molecule has 0 N–H and O–H groups in total. The minimum Gasteiger partial charge on any atom is -0.302 e. The third kappa shape index (κ3) is 5.30. The van der Waals surface area contributed by atoms with E-state index in [1.54, 1.807) is 23.1 Å². The number of carbonyl (C=O) groups excluding carboxylic acids is 1. The van der Waals surface area contributed by atoms with Gasteiger partial charge in [-0.25, -0.2) is 9.37 Å². The van der Waals surface area contributed by atoms with Crippen molar-refractivity contribution in [3.63, 3.8) is 0 Å². The summed E-state index contributed by atoms with van der Waals surface area (Å²) in [5.41, 5.74) is 0.625. The third-order valence-electron chi connectivity index (χ3n) is 5.27. The number of non-ortho nitro benzene ring substituents is 1. The van der Waals surface area contributed by atoms with Gasteiger partial charge in [0.05, 0.1) is 20.0 Å². The van der Waals surface area contributed by atoms with E-state index in [4.69, 9.17) is 0 Å². The van der Waals surface area contributed by atoms with Crippen LogP contribution in [-0.4, -0.2) is 46.9 Å². The molecule has 0 aliphatic carbocycles. The summed E-state index contributed by atoms with van der Waals surface area (Å²) >= 11 is 2.57. The molecule has 0 spiro atoms. The SMILES string of the molecule is CCN(CC)CCN(C(=O)c1cc2cc([N+](=O)[O-])ccc2s1)c1nc2ccc(F)cc2s1.Cl. The smallest absolute Gasteiger partial charge is 0.270 e. The van der Waals surface area contributed by atoms with Crippen molar-refractivity contribution in [3.05, 3.63) is 63.3 Å². The number of likely N-dealkylation sites (N-methyl/N-ethyl adjacent to an activating group) is 1. The molecular weight excluding hydrogens is 487 g/mol. The first-order chi connectivity index (χ1) is 15.4. The van der Waals surface area contributed by atoms with Crippen LogP contribution in [0.2, 0.25) is 0 Å². The van der Waals surface area contributed by atoms with Crippen molar-refractivity contribution in [3.8, 4) is 0 Å². The van der Waals surface area contributed by atoms with Crippen LogP contribution in [-0.2, 0) is 0 Å². The molecule has 0 saturated carbocycles. The fourth-order valence-electron chi connectivity index (χ4n) is 3.45. The van der Waals surface area contributed by atoms with E-state index < -0.39 is 4.92 Å². The lowest BCUT2D eigenvalue weighted by Gasteiger charge is -2.24. The molecule has 4 rings (SSSR count). The second-order valence-corrected chi connectivity index (χ2v) is 9.27. The first-order valence-electron chi connectivity index (χ1n) is 10.2. The van der Waals surface area contributed by atoms with Crippen LogP contribution in [0, 0.1) is 15.9 Å². The van der Waals surface area contributed by atoms with Gasteiger partial charge in [-0.2, -0.15) is 0 Å². The van der Waals surface area contributed by atoms with E-state index in [2.05, 4.69) is 23.7 Å². The monoisotopic (exact) mass is 508 g/mol. The number of rotatable bonds is 8. The number of halogens is 2. The van der Waals surface area contributed by atoms with E-state index in [0.29, 0.717) is 38.7 Å². The van der Waals surface area contributed by atoms with Gasteiger partial charge in [0.15, 0.2) is 5.13 Å². The summed E-state index contributed by atoms with van der Waals surface area (Å²) in [6.07, 6.45) is 0. The number of thiophene rings is 1. The Balaban J connectivity index is 0.00000306. The Morgan fingerprint density at radius 3 is 2.52 bits per heavy atom. The van der Waals surface area contributed by atoms with Crippen LogP contribution in [0.1, 0.15) is 23.5 Å². The van der Waals surface area contributed by atoms with Gasteiger partial charge in [-0.1, -0.05) is 25.2 Å². The first kappa shape index (κ1) is 25.0. The molecule has 0 aliphatic rings. The molecule has 2 aromatic heterocycles. The molecule has 0 aliphatic heterocycles. The number of hydrogen-bond acceptors (Lipinski definition) is 7. The van der Waals surface area contributed by atoms with Crippen LogP contribution in [0.15, 0.2) is 42.5 Å². The van der Waals surface area contributed by atoms with Crippen molar-refractivity contribution in [1.29, 1.82) is 0 Å². The topological polar surface area (TPSA) is 79.6 Å². The number of hydrogen-bond donors (Lipinski definition) is 0. The van der Waals surface area contributed by atoms with Crippen LogP contribution in [0.3, 0.4) is 0 Å². The normalized spacial score (nSPS) is 11.2. The molecular formula is C22H22ClFN4O3S2. The average molecular weight is 509 g/mol.